The third kappa shape index (κ3) is 3.01. The topological polar surface area (TPSA) is 74.7 Å². The minimum Gasteiger partial charge on any atom is -0.481 e. The van der Waals surface area contributed by atoms with Crippen LogP contribution in [0, 0.1) is 0 Å². The van der Waals surface area contributed by atoms with E-state index in [1.165, 1.54) is 16.7 Å². The Balaban J connectivity index is 1.91. The van der Waals surface area contributed by atoms with Crippen LogP contribution in [0.4, 0.5) is 0 Å². The van der Waals surface area contributed by atoms with Gasteiger partial charge in [-0.3, -0.25) is 19.3 Å². The van der Waals surface area contributed by atoms with Crippen LogP contribution in [0.1, 0.15) is 34.1 Å². The number of thioether (sulfide) groups is 1. The van der Waals surface area contributed by atoms with Crippen LogP contribution in [0.25, 0.3) is 0 Å². The third-order valence-electron chi connectivity index (χ3n) is 3.06. The van der Waals surface area contributed by atoms with E-state index in [1.54, 1.807) is 24.3 Å². The van der Waals surface area contributed by atoms with Gasteiger partial charge in [0.05, 0.1) is 17.5 Å². The van der Waals surface area contributed by atoms with Crippen molar-refractivity contribution in [3.05, 3.63) is 35.4 Å². The number of carbonyl (C=O) groups is 3. The Hall–Kier alpha value is -1.82. The Morgan fingerprint density at radius 2 is 1.80 bits per heavy atom. The van der Waals surface area contributed by atoms with Gasteiger partial charge in [0.15, 0.2) is 0 Å². The molecule has 1 aliphatic rings. The van der Waals surface area contributed by atoms with Gasteiger partial charge in [0, 0.05) is 17.5 Å². The number of hydrogen-bond donors (Lipinski definition) is 1. The predicted molar refractivity (Wildman–Crippen MR) is 76.0 cm³/mol. The second-order valence-electron chi connectivity index (χ2n) is 4.59. The van der Waals surface area contributed by atoms with Crippen molar-refractivity contribution in [2.75, 3.05) is 12.3 Å². The molecule has 1 aromatic carbocycles. The van der Waals surface area contributed by atoms with Gasteiger partial charge < -0.3 is 5.11 Å². The van der Waals surface area contributed by atoms with Crippen LogP contribution in [-0.4, -0.2) is 45.3 Å². The minimum absolute atomic E-state index is 0.0392. The van der Waals surface area contributed by atoms with Crippen molar-refractivity contribution in [1.29, 1.82) is 0 Å². The average Bonchev–Trinajstić information content (AvgIpc) is 2.63. The Morgan fingerprint density at radius 1 is 1.25 bits per heavy atom. The van der Waals surface area contributed by atoms with Gasteiger partial charge in [0.1, 0.15) is 0 Å². The molecule has 0 aromatic heterocycles. The zero-order valence-corrected chi connectivity index (χ0v) is 11.9. The molecule has 1 atom stereocenters. The SMILES string of the molecule is CC(CC(=O)O)SCCN1C(=O)c2ccccc2C1=O. The van der Waals surface area contributed by atoms with Gasteiger partial charge in [-0.1, -0.05) is 19.1 Å². The van der Waals surface area contributed by atoms with Crippen molar-refractivity contribution in [3.63, 3.8) is 0 Å². The van der Waals surface area contributed by atoms with E-state index in [9.17, 15) is 14.4 Å². The molecular formula is C14H15NO4S. The number of rotatable bonds is 6. The lowest BCUT2D eigenvalue weighted by molar-refractivity contribution is -0.136. The average molecular weight is 293 g/mol. The van der Waals surface area contributed by atoms with Gasteiger partial charge in [-0.05, 0) is 12.1 Å². The number of benzene rings is 1. The molecule has 2 amide bonds. The summed E-state index contributed by atoms with van der Waals surface area (Å²) in [6, 6.07) is 6.76. The predicted octanol–water partition coefficient (Wildman–Crippen LogP) is 1.88. The Morgan fingerprint density at radius 3 is 2.30 bits per heavy atom. The van der Waals surface area contributed by atoms with Gasteiger partial charge in [-0.2, -0.15) is 11.8 Å². The molecule has 1 aliphatic heterocycles. The van der Waals surface area contributed by atoms with E-state index >= 15 is 0 Å². The van der Waals surface area contributed by atoms with Crippen LogP contribution >= 0.6 is 11.8 Å². The summed E-state index contributed by atoms with van der Waals surface area (Å²) in [5.41, 5.74) is 0.891. The van der Waals surface area contributed by atoms with Crippen molar-refractivity contribution in [2.45, 2.75) is 18.6 Å². The van der Waals surface area contributed by atoms with Crippen molar-refractivity contribution in [1.82, 2.24) is 4.90 Å². The maximum absolute atomic E-state index is 12.1. The molecule has 2 rings (SSSR count). The molecule has 0 spiro atoms. The largest absolute Gasteiger partial charge is 0.481 e. The fourth-order valence-corrected chi connectivity index (χ4v) is 3.04. The molecule has 5 nitrogen and oxygen atoms in total. The lowest BCUT2D eigenvalue weighted by Gasteiger charge is -2.15. The summed E-state index contributed by atoms with van der Waals surface area (Å²) in [6.07, 6.45) is 0.0762. The molecule has 0 saturated heterocycles. The summed E-state index contributed by atoms with van der Waals surface area (Å²) >= 11 is 1.45. The second-order valence-corrected chi connectivity index (χ2v) is 6.13. The maximum Gasteiger partial charge on any atom is 0.304 e. The van der Waals surface area contributed by atoms with E-state index in [0.29, 0.717) is 23.4 Å². The molecular weight excluding hydrogens is 278 g/mol. The Bertz CT molecular complexity index is 523. The van der Waals surface area contributed by atoms with Crippen molar-refractivity contribution >= 4 is 29.5 Å². The van der Waals surface area contributed by atoms with E-state index in [0.717, 1.165) is 0 Å². The van der Waals surface area contributed by atoms with E-state index < -0.39 is 5.97 Å². The Kier molecular flexibility index (Phi) is 4.44. The monoisotopic (exact) mass is 293 g/mol. The number of fused-ring (bicyclic) bond motifs is 1. The second kappa shape index (κ2) is 6.09. The number of imide groups is 1. The van der Waals surface area contributed by atoms with Crippen LogP contribution in [0.15, 0.2) is 24.3 Å². The molecule has 0 aliphatic carbocycles. The first-order chi connectivity index (χ1) is 9.50. The van der Waals surface area contributed by atoms with Gasteiger partial charge in [0.2, 0.25) is 0 Å². The molecule has 0 radical (unpaired) electrons. The van der Waals surface area contributed by atoms with Crippen LogP contribution < -0.4 is 0 Å². The van der Waals surface area contributed by atoms with Crippen LogP contribution in [0.2, 0.25) is 0 Å². The molecule has 1 heterocycles. The molecule has 106 valence electrons. The van der Waals surface area contributed by atoms with E-state index in [1.807, 2.05) is 6.92 Å². The quantitative estimate of drug-likeness (QED) is 0.811. The Labute approximate surface area is 121 Å². The summed E-state index contributed by atoms with van der Waals surface area (Å²) in [5.74, 6) is -0.834. The normalized spacial score (nSPS) is 15.3. The molecule has 0 fully saturated rings. The first kappa shape index (κ1) is 14.6. The smallest absolute Gasteiger partial charge is 0.304 e. The van der Waals surface area contributed by atoms with Crippen LogP contribution in [-0.2, 0) is 4.79 Å². The van der Waals surface area contributed by atoms with Gasteiger partial charge >= 0.3 is 5.97 Å². The van der Waals surface area contributed by atoms with Gasteiger partial charge in [-0.25, -0.2) is 0 Å². The lowest BCUT2D eigenvalue weighted by atomic mass is 10.1. The number of hydrogen-bond acceptors (Lipinski definition) is 4. The van der Waals surface area contributed by atoms with Crippen molar-refractivity contribution in [3.8, 4) is 0 Å². The number of carbonyl (C=O) groups excluding carboxylic acids is 2. The van der Waals surface area contributed by atoms with Crippen LogP contribution in [0.3, 0.4) is 0 Å². The first-order valence-corrected chi connectivity index (χ1v) is 7.34. The molecule has 0 bridgehead atoms. The van der Waals surface area contributed by atoms with Crippen molar-refractivity contribution in [2.24, 2.45) is 0 Å². The number of aliphatic carboxylic acids is 1. The van der Waals surface area contributed by atoms with E-state index in [-0.39, 0.29) is 23.5 Å². The highest BCUT2D eigenvalue weighted by molar-refractivity contribution is 7.99. The highest BCUT2D eigenvalue weighted by atomic mass is 32.2. The van der Waals surface area contributed by atoms with Gasteiger partial charge in [0.25, 0.3) is 11.8 Å². The molecule has 1 unspecified atom stereocenters. The molecule has 0 saturated carbocycles. The van der Waals surface area contributed by atoms with E-state index in [2.05, 4.69) is 0 Å². The zero-order chi connectivity index (χ0) is 14.7. The van der Waals surface area contributed by atoms with Gasteiger partial charge in [-0.15, -0.1) is 0 Å². The van der Waals surface area contributed by atoms with Crippen LogP contribution in [0.5, 0.6) is 0 Å². The lowest BCUT2D eigenvalue weighted by Crippen LogP contribution is -2.32. The molecule has 20 heavy (non-hydrogen) atoms. The first-order valence-electron chi connectivity index (χ1n) is 6.29. The standard InChI is InChI=1S/C14H15NO4S/c1-9(8-12(16)17)20-7-6-15-13(18)10-4-2-3-5-11(10)14(15)19/h2-5,9H,6-8H2,1H3,(H,16,17). The molecule has 1 N–H and O–H groups in total. The molecule has 1 aromatic rings. The summed E-state index contributed by atoms with van der Waals surface area (Å²) in [5, 5.41) is 8.63. The highest BCUT2D eigenvalue weighted by Crippen LogP contribution is 2.23. The summed E-state index contributed by atoms with van der Waals surface area (Å²) in [7, 11) is 0. The molecule has 6 heteroatoms. The zero-order valence-electron chi connectivity index (χ0n) is 11.0. The third-order valence-corrected chi connectivity index (χ3v) is 4.21. The number of carboxylic acid groups (broad SMARTS) is 1. The fourth-order valence-electron chi connectivity index (χ4n) is 2.09. The number of amides is 2. The summed E-state index contributed by atoms with van der Waals surface area (Å²) in [6.45, 7) is 2.13. The number of carboxylic acids is 1. The summed E-state index contributed by atoms with van der Waals surface area (Å²) in [4.78, 5) is 35.9. The summed E-state index contributed by atoms with van der Waals surface area (Å²) < 4.78 is 0. The highest BCUT2D eigenvalue weighted by Gasteiger charge is 2.34. The fraction of sp³-hybridized carbons (Fsp3) is 0.357. The van der Waals surface area contributed by atoms with E-state index in [4.69, 9.17) is 5.11 Å². The maximum atomic E-state index is 12.1. The minimum atomic E-state index is -0.842. The van der Waals surface area contributed by atoms with Crippen molar-refractivity contribution < 1.29 is 19.5 Å². The number of nitrogens with zero attached hydrogens (tertiary/aromatic N) is 1.